The van der Waals surface area contributed by atoms with E-state index in [4.69, 9.17) is 10.2 Å². The van der Waals surface area contributed by atoms with Crippen molar-refractivity contribution in [3.63, 3.8) is 0 Å². The maximum absolute atomic E-state index is 13.3. The molecule has 1 aliphatic heterocycles. The minimum atomic E-state index is -0.111. The molecule has 2 aromatic carbocycles. The molecule has 1 saturated heterocycles. The highest BCUT2D eigenvalue weighted by Crippen LogP contribution is 2.30. The maximum atomic E-state index is 13.3. The van der Waals surface area contributed by atoms with Gasteiger partial charge in [-0.1, -0.05) is 36.4 Å². The number of para-hydroxylation sites is 1. The minimum absolute atomic E-state index is 0.107. The lowest BCUT2D eigenvalue weighted by atomic mass is 10.0. The molecule has 0 bridgehead atoms. The molecule has 2 unspecified atom stereocenters. The Morgan fingerprint density at radius 2 is 1.93 bits per heavy atom. The van der Waals surface area contributed by atoms with Gasteiger partial charge in [0.15, 0.2) is 11.0 Å². The van der Waals surface area contributed by atoms with Gasteiger partial charge >= 0.3 is 0 Å². The zero-order valence-electron chi connectivity index (χ0n) is 16.1. The molecule has 0 spiro atoms. The summed E-state index contributed by atoms with van der Waals surface area (Å²) in [4.78, 5) is 28.1. The third-order valence-electron chi connectivity index (χ3n) is 5.67. The van der Waals surface area contributed by atoms with Crippen molar-refractivity contribution in [1.82, 2.24) is 4.90 Å². The van der Waals surface area contributed by atoms with Crippen LogP contribution < -0.4 is 11.2 Å². The number of carbonyl (C=O) groups excluding carboxylic acids is 1. The molecule has 1 aliphatic rings. The average molecular weight is 376 g/mol. The average Bonchev–Trinajstić information content (AvgIpc) is 3.11. The van der Waals surface area contributed by atoms with Crippen molar-refractivity contribution in [2.24, 2.45) is 11.7 Å². The number of likely N-dealkylation sites (tertiary alicyclic amines) is 1. The molecule has 3 aromatic rings. The molecule has 1 aromatic heterocycles. The Kier molecular flexibility index (Phi) is 4.77. The fourth-order valence-electron chi connectivity index (χ4n) is 4.09. The zero-order chi connectivity index (χ0) is 19.8. The SMILES string of the molecule is Cc1c(-c2ccccc2)oc2c(C(=O)N3CC(CN)CC3C)cccc2c1=O. The van der Waals surface area contributed by atoms with Crippen molar-refractivity contribution >= 4 is 16.9 Å². The summed E-state index contributed by atoms with van der Waals surface area (Å²) in [6.07, 6.45) is 0.894. The van der Waals surface area contributed by atoms with Gasteiger partial charge in [-0.05, 0) is 44.9 Å². The van der Waals surface area contributed by atoms with Gasteiger partial charge in [0.2, 0.25) is 0 Å². The fourth-order valence-corrected chi connectivity index (χ4v) is 4.09. The summed E-state index contributed by atoms with van der Waals surface area (Å²) in [5.74, 6) is 0.704. The molecule has 1 fully saturated rings. The highest BCUT2D eigenvalue weighted by molar-refractivity contribution is 6.05. The van der Waals surface area contributed by atoms with E-state index in [2.05, 4.69) is 0 Å². The third-order valence-corrected chi connectivity index (χ3v) is 5.67. The highest BCUT2D eigenvalue weighted by Gasteiger charge is 2.33. The van der Waals surface area contributed by atoms with Crippen molar-refractivity contribution in [2.45, 2.75) is 26.3 Å². The highest BCUT2D eigenvalue weighted by atomic mass is 16.3. The first-order chi connectivity index (χ1) is 13.5. The summed E-state index contributed by atoms with van der Waals surface area (Å²) < 4.78 is 6.19. The Morgan fingerprint density at radius 1 is 1.18 bits per heavy atom. The van der Waals surface area contributed by atoms with Gasteiger partial charge in [-0.25, -0.2) is 0 Å². The largest absolute Gasteiger partial charge is 0.455 e. The second kappa shape index (κ2) is 7.24. The van der Waals surface area contributed by atoms with Gasteiger partial charge in [-0.3, -0.25) is 9.59 Å². The number of carbonyl (C=O) groups is 1. The molecule has 5 nitrogen and oxygen atoms in total. The van der Waals surface area contributed by atoms with E-state index in [1.54, 1.807) is 25.1 Å². The first-order valence-electron chi connectivity index (χ1n) is 9.64. The molecule has 2 atom stereocenters. The lowest BCUT2D eigenvalue weighted by Crippen LogP contribution is -2.34. The van der Waals surface area contributed by atoms with Gasteiger partial charge in [-0.2, -0.15) is 0 Å². The molecule has 0 radical (unpaired) electrons. The number of nitrogens with zero attached hydrogens (tertiary/aromatic N) is 1. The Balaban J connectivity index is 1.87. The predicted octanol–water partition coefficient (Wildman–Crippen LogP) is 3.58. The summed E-state index contributed by atoms with van der Waals surface area (Å²) in [6, 6.07) is 14.8. The van der Waals surface area contributed by atoms with Crippen LogP contribution in [0.15, 0.2) is 57.7 Å². The third kappa shape index (κ3) is 3.02. The van der Waals surface area contributed by atoms with Crippen LogP contribution in [-0.2, 0) is 0 Å². The summed E-state index contributed by atoms with van der Waals surface area (Å²) in [5.41, 5.74) is 7.84. The van der Waals surface area contributed by atoms with Gasteiger partial charge < -0.3 is 15.1 Å². The van der Waals surface area contributed by atoms with Gasteiger partial charge in [0.1, 0.15) is 5.76 Å². The minimum Gasteiger partial charge on any atom is -0.455 e. The van der Waals surface area contributed by atoms with E-state index in [1.165, 1.54) is 0 Å². The number of fused-ring (bicyclic) bond motifs is 1. The second-order valence-corrected chi connectivity index (χ2v) is 7.58. The van der Waals surface area contributed by atoms with E-state index in [9.17, 15) is 9.59 Å². The van der Waals surface area contributed by atoms with Crippen LogP contribution in [0, 0.1) is 12.8 Å². The van der Waals surface area contributed by atoms with Crippen LogP contribution in [0.25, 0.3) is 22.3 Å². The first-order valence-corrected chi connectivity index (χ1v) is 9.64. The molecule has 0 aliphatic carbocycles. The smallest absolute Gasteiger partial charge is 0.257 e. The Hall–Kier alpha value is -2.92. The van der Waals surface area contributed by atoms with E-state index in [0.29, 0.717) is 46.9 Å². The van der Waals surface area contributed by atoms with Crippen LogP contribution in [0.1, 0.15) is 29.3 Å². The summed E-state index contributed by atoms with van der Waals surface area (Å²) in [7, 11) is 0. The number of benzene rings is 2. The standard InChI is InChI=1S/C23H24N2O3/c1-14-11-16(12-24)13-25(14)23(27)19-10-6-9-18-20(26)15(2)21(28-22(18)19)17-7-4-3-5-8-17/h3-10,14,16H,11-13,24H2,1-2H3. The number of hydrogen-bond acceptors (Lipinski definition) is 4. The monoisotopic (exact) mass is 376 g/mol. The number of amides is 1. The molecule has 5 heteroatoms. The maximum Gasteiger partial charge on any atom is 0.257 e. The van der Waals surface area contributed by atoms with Crippen LogP contribution in [0.4, 0.5) is 0 Å². The molecule has 2 N–H and O–H groups in total. The quantitative estimate of drug-likeness (QED) is 0.758. The van der Waals surface area contributed by atoms with Crippen LogP contribution in [0.2, 0.25) is 0 Å². The summed E-state index contributed by atoms with van der Waals surface area (Å²) in [6.45, 7) is 5.00. The lowest BCUT2D eigenvalue weighted by molar-refractivity contribution is 0.0744. The van der Waals surface area contributed by atoms with Crippen LogP contribution in [-0.4, -0.2) is 29.9 Å². The van der Waals surface area contributed by atoms with Gasteiger partial charge in [0.25, 0.3) is 5.91 Å². The Bertz CT molecular complexity index is 1090. The van der Waals surface area contributed by atoms with Gasteiger partial charge in [0, 0.05) is 23.7 Å². The van der Waals surface area contributed by atoms with Crippen LogP contribution in [0.3, 0.4) is 0 Å². The zero-order valence-corrected chi connectivity index (χ0v) is 16.1. The van der Waals surface area contributed by atoms with Crippen molar-refractivity contribution in [2.75, 3.05) is 13.1 Å². The molecule has 0 saturated carbocycles. The van der Waals surface area contributed by atoms with E-state index in [1.807, 2.05) is 42.2 Å². The van der Waals surface area contributed by atoms with E-state index < -0.39 is 0 Å². The Morgan fingerprint density at radius 3 is 2.61 bits per heavy atom. The lowest BCUT2D eigenvalue weighted by Gasteiger charge is -2.22. The fraction of sp³-hybridized carbons (Fsp3) is 0.304. The van der Waals surface area contributed by atoms with Crippen LogP contribution in [0.5, 0.6) is 0 Å². The molecule has 4 rings (SSSR count). The summed E-state index contributed by atoms with van der Waals surface area (Å²) in [5, 5.41) is 0.435. The summed E-state index contributed by atoms with van der Waals surface area (Å²) >= 11 is 0. The van der Waals surface area contributed by atoms with E-state index in [-0.39, 0.29) is 17.4 Å². The molecule has 28 heavy (non-hydrogen) atoms. The van der Waals surface area contributed by atoms with Crippen molar-refractivity contribution in [3.8, 4) is 11.3 Å². The number of rotatable bonds is 3. The van der Waals surface area contributed by atoms with E-state index >= 15 is 0 Å². The van der Waals surface area contributed by atoms with Crippen molar-refractivity contribution in [3.05, 3.63) is 69.9 Å². The molecule has 144 valence electrons. The normalized spacial score (nSPS) is 19.3. The molecular weight excluding hydrogens is 352 g/mol. The second-order valence-electron chi connectivity index (χ2n) is 7.58. The van der Waals surface area contributed by atoms with Crippen molar-refractivity contribution < 1.29 is 9.21 Å². The van der Waals surface area contributed by atoms with Crippen molar-refractivity contribution in [1.29, 1.82) is 0 Å². The number of hydrogen-bond donors (Lipinski definition) is 1. The molecule has 1 amide bonds. The number of nitrogens with two attached hydrogens (primary N) is 1. The topological polar surface area (TPSA) is 76.5 Å². The van der Waals surface area contributed by atoms with Crippen LogP contribution >= 0.6 is 0 Å². The predicted molar refractivity (Wildman–Crippen MR) is 110 cm³/mol. The Labute approximate surface area is 163 Å². The molecule has 2 heterocycles. The van der Waals surface area contributed by atoms with E-state index in [0.717, 1.165) is 12.0 Å². The van der Waals surface area contributed by atoms with Gasteiger partial charge in [-0.15, -0.1) is 0 Å². The molecular formula is C23H24N2O3. The van der Waals surface area contributed by atoms with Gasteiger partial charge in [0.05, 0.1) is 10.9 Å². The first kappa shape index (κ1) is 18.4.